The number of nitro benzene ring substituents is 1. The van der Waals surface area contributed by atoms with Crippen molar-refractivity contribution in [3.8, 4) is 11.5 Å². The van der Waals surface area contributed by atoms with Crippen LogP contribution in [0, 0.1) is 10.1 Å². The van der Waals surface area contributed by atoms with Crippen LogP contribution in [0.5, 0.6) is 11.5 Å². The number of nitrogens with zero attached hydrogens (tertiary/aromatic N) is 2. The molecule has 1 aromatic heterocycles. The molecule has 0 saturated carbocycles. The Morgan fingerprint density at radius 3 is 2.59 bits per heavy atom. The van der Waals surface area contributed by atoms with Crippen molar-refractivity contribution >= 4 is 17.5 Å². The molecule has 3 rings (SSSR count). The average Bonchev–Trinajstić information content (AvgIpc) is 2.77. The lowest BCUT2D eigenvalue weighted by Crippen LogP contribution is -1.99. The second-order valence-electron chi connectivity index (χ2n) is 6.06. The zero-order chi connectivity index (χ0) is 20.6. The molecule has 0 aliphatic rings. The predicted molar refractivity (Wildman–Crippen MR) is 108 cm³/mol. The van der Waals surface area contributed by atoms with Crippen LogP contribution < -0.4 is 9.47 Å². The summed E-state index contributed by atoms with van der Waals surface area (Å²) in [4.78, 5) is 26.4. The van der Waals surface area contributed by atoms with Gasteiger partial charge in [-0.05, 0) is 53.6 Å². The first-order valence-corrected chi connectivity index (χ1v) is 8.73. The summed E-state index contributed by atoms with van der Waals surface area (Å²) in [5.41, 5.74) is 2.08. The Morgan fingerprint density at radius 2 is 1.93 bits per heavy atom. The second kappa shape index (κ2) is 9.27. The maximum atomic E-state index is 12.2. The number of aromatic nitrogens is 1. The lowest BCUT2D eigenvalue weighted by molar-refractivity contribution is -0.384. The van der Waals surface area contributed by atoms with Crippen LogP contribution in [-0.2, 0) is 6.61 Å². The summed E-state index contributed by atoms with van der Waals surface area (Å²) >= 11 is 0. The molecule has 0 unspecified atom stereocenters. The van der Waals surface area contributed by atoms with Crippen molar-refractivity contribution in [1.29, 1.82) is 0 Å². The van der Waals surface area contributed by atoms with Gasteiger partial charge in [0.05, 0.1) is 12.0 Å². The van der Waals surface area contributed by atoms with Crippen molar-refractivity contribution in [3.63, 3.8) is 0 Å². The maximum absolute atomic E-state index is 12.2. The van der Waals surface area contributed by atoms with Crippen molar-refractivity contribution < 1.29 is 19.2 Å². The van der Waals surface area contributed by atoms with Gasteiger partial charge >= 0.3 is 0 Å². The van der Waals surface area contributed by atoms with E-state index in [0.29, 0.717) is 17.1 Å². The minimum atomic E-state index is -0.448. The third kappa shape index (κ3) is 5.26. The standard InChI is InChI=1S/C22H18N2O5/c1-28-21-11-7-16(6-10-20(25)18-3-2-12-23-14-18)13-22(21)29-15-17-4-8-19(9-5-17)24(26)27/h2-14H,15H2,1H3/b10-6+. The van der Waals surface area contributed by atoms with Crippen molar-refractivity contribution in [2.75, 3.05) is 7.11 Å². The Morgan fingerprint density at radius 1 is 1.14 bits per heavy atom. The van der Waals surface area contributed by atoms with E-state index in [0.717, 1.165) is 11.1 Å². The third-order valence-electron chi connectivity index (χ3n) is 4.10. The van der Waals surface area contributed by atoms with Crippen LogP contribution in [-0.4, -0.2) is 22.8 Å². The van der Waals surface area contributed by atoms with E-state index in [2.05, 4.69) is 4.98 Å². The van der Waals surface area contributed by atoms with Gasteiger partial charge in [0.25, 0.3) is 5.69 Å². The Balaban J connectivity index is 1.72. The van der Waals surface area contributed by atoms with Crippen molar-refractivity contribution in [1.82, 2.24) is 4.98 Å². The highest BCUT2D eigenvalue weighted by Crippen LogP contribution is 2.29. The van der Waals surface area contributed by atoms with E-state index in [1.54, 1.807) is 48.7 Å². The first-order valence-electron chi connectivity index (χ1n) is 8.73. The summed E-state index contributed by atoms with van der Waals surface area (Å²) in [7, 11) is 1.54. The van der Waals surface area contributed by atoms with Gasteiger partial charge in [-0.15, -0.1) is 0 Å². The van der Waals surface area contributed by atoms with Gasteiger partial charge in [0, 0.05) is 30.1 Å². The van der Waals surface area contributed by atoms with Gasteiger partial charge in [-0.25, -0.2) is 0 Å². The van der Waals surface area contributed by atoms with Crippen LogP contribution in [0.4, 0.5) is 5.69 Å². The molecular formula is C22H18N2O5. The second-order valence-corrected chi connectivity index (χ2v) is 6.06. The number of carbonyl (C=O) groups is 1. The summed E-state index contributed by atoms with van der Waals surface area (Å²) < 4.78 is 11.1. The smallest absolute Gasteiger partial charge is 0.269 e. The minimum absolute atomic E-state index is 0.0248. The molecule has 0 fully saturated rings. The molecule has 2 aromatic carbocycles. The van der Waals surface area contributed by atoms with Gasteiger partial charge in [0.15, 0.2) is 17.3 Å². The maximum Gasteiger partial charge on any atom is 0.269 e. The van der Waals surface area contributed by atoms with Crippen LogP contribution in [0.15, 0.2) is 73.1 Å². The monoisotopic (exact) mass is 390 g/mol. The molecule has 0 bridgehead atoms. The van der Waals surface area contributed by atoms with Crippen LogP contribution in [0.3, 0.4) is 0 Å². The normalized spacial score (nSPS) is 10.7. The number of ether oxygens (including phenoxy) is 2. The van der Waals surface area contributed by atoms with E-state index < -0.39 is 4.92 Å². The fourth-order valence-corrected chi connectivity index (χ4v) is 2.56. The molecule has 7 nitrogen and oxygen atoms in total. The molecule has 3 aromatic rings. The molecule has 146 valence electrons. The molecule has 0 atom stereocenters. The quantitative estimate of drug-likeness (QED) is 0.244. The van der Waals surface area contributed by atoms with Crippen LogP contribution in [0.1, 0.15) is 21.5 Å². The molecule has 29 heavy (non-hydrogen) atoms. The highest BCUT2D eigenvalue weighted by Gasteiger charge is 2.08. The number of pyridine rings is 1. The Kier molecular flexibility index (Phi) is 6.32. The number of allylic oxidation sites excluding steroid dienone is 1. The van der Waals surface area contributed by atoms with Gasteiger partial charge in [-0.2, -0.15) is 0 Å². The fourth-order valence-electron chi connectivity index (χ4n) is 2.56. The number of carbonyl (C=O) groups excluding carboxylic acids is 1. The van der Waals surface area contributed by atoms with Gasteiger partial charge in [0.1, 0.15) is 6.61 Å². The van der Waals surface area contributed by atoms with E-state index in [1.807, 2.05) is 6.07 Å². The zero-order valence-electron chi connectivity index (χ0n) is 15.6. The SMILES string of the molecule is COc1ccc(/C=C/C(=O)c2cccnc2)cc1OCc1ccc([N+](=O)[O-])cc1. The van der Waals surface area contributed by atoms with E-state index in [4.69, 9.17) is 9.47 Å². The number of ketones is 1. The molecule has 7 heteroatoms. The third-order valence-corrected chi connectivity index (χ3v) is 4.10. The molecule has 0 radical (unpaired) electrons. The van der Waals surface area contributed by atoms with Crippen LogP contribution in [0.25, 0.3) is 6.08 Å². The topological polar surface area (TPSA) is 91.6 Å². The summed E-state index contributed by atoms with van der Waals surface area (Å²) in [6, 6.07) is 14.9. The average molecular weight is 390 g/mol. The Labute approximate surface area is 167 Å². The summed E-state index contributed by atoms with van der Waals surface area (Å²) in [5, 5.41) is 10.7. The van der Waals surface area contributed by atoms with Gasteiger partial charge in [-0.1, -0.05) is 12.1 Å². The van der Waals surface area contributed by atoms with Gasteiger partial charge < -0.3 is 9.47 Å². The molecule has 0 amide bonds. The fraction of sp³-hybridized carbons (Fsp3) is 0.0909. The van der Waals surface area contributed by atoms with Gasteiger partial charge in [-0.3, -0.25) is 19.9 Å². The molecular weight excluding hydrogens is 372 g/mol. The summed E-state index contributed by atoms with van der Waals surface area (Å²) in [5.74, 6) is 0.895. The molecule has 0 saturated heterocycles. The Hall–Kier alpha value is -4.00. The minimum Gasteiger partial charge on any atom is -0.493 e. The number of non-ortho nitro benzene ring substituents is 1. The van der Waals surface area contributed by atoms with Crippen LogP contribution >= 0.6 is 0 Å². The lowest BCUT2D eigenvalue weighted by atomic mass is 10.1. The van der Waals surface area contributed by atoms with Crippen molar-refractivity contribution in [2.24, 2.45) is 0 Å². The highest BCUT2D eigenvalue weighted by atomic mass is 16.6. The number of hydrogen-bond donors (Lipinski definition) is 0. The molecule has 1 heterocycles. The molecule has 0 N–H and O–H groups in total. The zero-order valence-corrected chi connectivity index (χ0v) is 15.6. The van der Waals surface area contributed by atoms with E-state index in [-0.39, 0.29) is 18.1 Å². The van der Waals surface area contributed by atoms with E-state index in [1.165, 1.54) is 31.5 Å². The number of benzene rings is 2. The first-order chi connectivity index (χ1) is 14.1. The highest BCUT2D eigenvalue weighted by molar-refractivity contribution is 6.06. The molecule has 0 aliphatic carbocycles. The van der Waals surface area contributed by atoms with Gasteiger partial charge in [0.2, 0.25) is 0 Å². The molecule has 0 aliphatic heterocycles. The summed E-state index contributed by atoms with van der Waals surface area (Å²) in [6.07, 6.45) is 6.28. The van der Waals surface area contributed by atoms with Crippen molar-refractivity contribution in [3.05, 3.63) is 99.9 Å². The van der Waals surface area contributed by atoms with Crippen LogP contribution in [0.2, 0.25) is 0 Å². The Bertz CT molecular complexity index is 1030. The number of methoxy groups -OCH3 is 1. The van der Waals surface area contributed by atoms with E-state index in [9.17, 15) is 14.9 Å². The number of hydrogen-bond acceptors (Lipinski definition) is 6. The lowest BCUT2D eigenvalue weighted by Gasteiger charge is -2.11. The molecule has 0 spiro atoms. The first kappa shape index (κ1) is 19.8. The van der Waals surface area contributed by atoms with Crippen molar-refractivity contribution in [2.45, 2.75) is 6.61 Å². The number of nitro groups is 1. The van der Waals surface area contributed by atoms with E-state index >= 15 is 0 Å². The number of rotatable bonds is 8. The predicted octanol–water partition coefficient (Wildman–Crippen LogP) is 4.47. The summed E-state index contributed by atoms with van der Waals surface area (Å²) in [6.45, 7) is 0.218. The largest absolute Gasteiger partial charge is 0.493 e.